The Morgan fingerprint density at radius 1 is 0.870 bits per heavy atom. The van der Waals surface area contributed by atoms with E-state index in [1.165, 1.54) is 0 Å². The zero-order chi connectivity index (χ0) is 16.0. The second-order valence-corrected chi connectivity index (χ2v) is 5.73. The number of aromatic nitrogens is 1. The molecule has 4 heteroatoms. The van der Waals surface area contributed by atoms with E-state index >= 15 is 0 Å². The zero-order valence-corrected chi connectivity index (χ0v) is 12.2. The molecule has 0 fully saturated rings. The van der Waals surface area contributed by atoms with Gasteiger partial charge in [0.15, 0.2) is 5.60 Å². The first kappa shape index (κ1) is 13.8. The number of carbonyl (C=O) groups is 2. The van der Waals surface area contributed by atoms with Crippen LogP contribution in [-0.2, 0) is 6.42 Å². The van der Waals surface area contributed by atoms with Crippen molar-refractivity contribution in [3.63, 3.8) is 0 Å². The van der Waals surface area contributed by atoms with E-state index < -0.39 is 17.2 Å². The largest absolute Gasteiger partial charge is 0.374 e. The van der Waals surface area contributed by atoms with Crippen LogP contribution in [0.1, 0.15) is 26.3 Å². The fourth-order valence-corrected chi connectivity index (χ4v) is 3.17. The van der Waals surface area contributed by atoms with Gasteiger partial charge < -0.3 is 5.11 Å². The molecule has 1 heterocycles. The van der Waals surface area contributed by atoms with Crippen molar-refractivity contribution in [1.82, 2.24) is 4.98 Å². The SMILES string of the molecule is O=C1c2ccccc2C(=O)C1(O)Cc1ccnc2ccccc12. The highest BCUT2D eigenvalue weighted by atomic mass is 16.3. The molecular formula is C19H13NO3. The predicted molar refractivity (Wildman–Crippen MR) is 85.5 cm³/mol. The summed E-state index contributed by atoms with van der Waals surface area (Å²) in [4.78, 5) is 29.4. The third-order valence-corrected chi connectivity index (χ3v) is 4.35. The van der Waals surface area contributed by atoms with Gasteiger partial charge in [0.25, 0.3) is 0 Å². The number of nitrogens with zero attached hydrogens (tertiary/aromatic N) is 1. The van der Waals surface area contributed by atoms with Crippen LogP contribution in [0.3, 0.4) is 0 Å². The number of aliphatic hydroxyl groups is 1. The van der Waals surface area contributed by atoms with E-state index in [1.54, 1.807) is 36.5 Å². The van der Waals surface area contributed by atoms with Crippen molar-refractivity contribution < 1.29 is 14.7 Å². The smallest absolute Gasteiger partial charge is 0.203 e. The Balaban J connectivity index is 1.82. The maximum absolute atomic E-state index is 12.6. The Morgan fingerprint density at radius 3 is 2.17 bits per heavy atom. The number of para-hydroxylation sites is 1. The van der Waals surface area contributed by atoms with Crippen LogP contribution in [0, 0.1) is 0 Å². The summed E-state index contributed by atoms with van der Waals surface area (Å²) in [7, 11) is 0. The molecule has 0 spiro atoms. The third-order valence-electron chi connectivity index (χ3n) is 4.35. The molecule has 4 rings (SSSR count). The average Bonchev–Trinajstić information content (AvgIpc) is 2.78. The summed E-state index contributed by atoms with van der Waals surface area (Å²) < 4.78 is 0. The van der Waals surface area contributed by atoms with Gasteiger partial charge in [-0.1, -0.05) is 42.5 Å². The topological polar surface area (TPSA) is 67.3 Å². The van der Waals surface area contributed by atoms with Gasteiger partial charge in [0.05, 0.1) is 5.52 Å². The first-order valence-electron chi connectivity index (χ1n) is 7.35. The van der Waals surface area contributed by atoms with Crippen LogP contribution in [0.15, 0.2) is 60.8 Å². The number of Topliss-reactive ketones (excluding diaryl/α,β-unsaturated/α-hetero) is 2. The van der Waals surface area contributed by atoms with Crippen molar-refractivity contribution >= 4 is 22.5 Å². The fraction of sp³-hybridized carbons (Fsp3) is 0.105. The summed E-state index contributed by atoms with van der Waals surface area (Å²) in [5, 5.41) is 11.7. The van der Waals surface area contributed by atoms with Crippen LogP contribution >= 0.6 is 0 Å². The molecule has 0 saturated carbocycles. The molecule has 3 aromatic rings. The molecule has 23 heavy (non-hydrogen) atoms. The number of hydrogen-bond donors (Lipinski definition) is 1. The summed E-state index contributed by atoms with van der Waals surface area (Å²) >= 11 is 0. The van der Waals surface area contributed by atoms with Crippen molar-refractivity contribution in [1.29, 1.82) is 0 Å². The highest BCUT2D eigenvalue weighted by Gasteiger charge is 2.51. The van der Waals surface area contributed by atoms with Crippen LogP contribution in [0.4, 0.5) is 0 Å². The van der Waals surface area contributed by atoms with Crippen molar-refractivity contribution in [2.24, 2.45) is 0 Å². The van der Waals surface area contributed by atoms with Crippen LogP contribution in [-0.4, -0.2) is 27.3 Å². The summed E-state index contributed by atoms with van der Waals surface area (Å²) in [5.41, 5.74) is 0.0432. The first-order valence-corrected chi connectivity index (χ1v) is 7.35. The molecule has 1 aromatic heterocycles. The van der Waals surface area contributed by atoms with Gasteiger partial charge in [-0.25, -0.2) is 0 Å². The minimum absolute atomic E-state index is 0.0532. The zero-order valence-electron chi connectivity index (χ0n) is 12.2. The molecule has 2 aromatic carbocycles. The normalized spacial score (nSPS) is 15.9. The van der Waals surface area contributed by atoms with E-state index in [2.05, 4.69) is 4.98 Å². The van der Waals surface area contributed by atoms with Crippen LogP contribution in [0.2, 0.25) is 0 Å². The molecule has 0 atom stereocenters. The highest BCUT2D eigenvalue weighted by Crippen LogP contribution is 2.33. The lowest BCUT2D eigenvalue weighted by molar-refractivity contribution is 0.0335. The van der Waals surface area contributed by atoms with E-state index in [0.717, 1.165) is 16.5 Å². The molecule has 4 nitrogen and oxygen atoms in total. The van der Waals surface area contributed by atoms with Crippen LogP contribution < -0.4 is 0 Å². The Hall–Kier alpha value is -2.85. The van der Waals surface area contributed by atoms with Gasteiger partial charge in [0.2, 0.25) is 11.6 Å². The summed E-state index contributed by atoms with van der Waals surface area (Å²) in [6.07, 6.45) is 1.57. The Morgan fingerprint density at radius 2 is 1.48 bits per heavy atom. The van der Waals surface area contributed by atoms with Crippen molar-refractivity contribution in [3.8, 4) is 0 Å². The molecule has 0 unspecified atom stereocenters. The number of carbonyl (C=O) groups excluding carboxylic acids is 2. The number of pyridine rings is 1. The van der Waals surface area contributed by atoms with Gasteiger partial charge in [0, 0.05) is 29.1 Å². The molecule has 1 aliphatic carbocycles. The Labute approximate surface area is 132 Å². The standard InChI is InChI=1S/C19H13NO3/c21-17-14-6-1-2-7-15(14)18(22)19(17,23)11-12-9-10-20-16-8-4-3-5-13(12)16/h1-10,23H,11H2. The second kappa shape index (κ2) is 4.83. The average molecular weight is 303 g/mol. The number of fused-ring (bicyclic) bond motifs is 2. The van der Waals surface area contributed by atoms with Crippen molar-refractivity contribution in [3.05, 3.63) is 77.5 Å². The third kappa shape index (κ3) is 1.92. The van der Waals surface area contributed by atoms with E-state index in [1.807, 2.05) is 24.3 Å². The Kier molecular flexibility index (Phi) is 2.89. The number of hydrogen-bond acceptors (Lipinski definition) is 4. The summed E-state index contributed by atoms with van der Waals surface area (Å²) in [5.74, 6) is -1.06. The minimum Gasteiger partial charge on any atom is -0.374 e. The quantitative estimate of drug-likeness (QED) is 0.739. The molecule has 0 bridgehead atoms. The first-order chi connectivity index (χ1) is 11.1. The van der Waals surface area contributed by atoms with E-state index in [4.69, 9.17) is 0 Å². The van der Waals surface area contributed by atoms with E-state index in [-0.39, 0.29) is 6.42 Å². The van der Waals surface area contributed by atoms with Gasteiger partial charge in [0.1, 0.15) is 0 Å². The molecule has 112 valence electrons. The summed E-state index contributed by atoms with van der Waals surface area (Å²) in [6.45, 7) is 0. The number of ketones is 2. The van der Waals surface area contributed by atoms with Gasteiger partial charge in [-0.05, 0) is 17.7 Å². The molecular weight excluding hydrogens is 290 g/mol. The molecule has 0 aliphatic heterocycles. The molecule has 0 radical (unpaired) electrons. The predicted octanol–water partition coefficient (Wildman–Crippen LogP) is 2.59. The second-order valence-electron chi connectivity index (χ2n) is 5.73. The maximum atomic E-state index is 12.6. The van der Waals surface area contributed by atoms with Gasteiger partial charge in [-0.15, -0.1) is 0 Å². The van der Waals surface area contributed by atoms with Crippen LogP contribution in [0.5, 0.6) is 0 Å². The lowest BCUT2D eigenvalue weighted by Crippen LogP contribution is -2.43. The maximum Gasteiger partial charge on any atom is 0.203 e. The number of benzene rings is 2. The van der Waals surface area contributed by atoms with E-state index in [9.17, 15) is 14.7 Å². The lowest BCUT2D eigenvalue weighted by atomic mass is 9.88. The fourth-order valence-electron chi connectivity index (χ4n) is 3.17. The monoisotopic (exact) mass is 303 g/mol. The highest BCUT2D eigenvalue weighted by molar-refractivity contribution is 6.32. The molecule has 1 N–H and O–H groups in total. The van der Waals surface area contributed by atoms with Gasteiger partial charge in [-0.3, -0.25) is 14.6 Å². The van der Waals surface area contributed by atoms with E-state index in [0.29, 0.717) is 11.1 Å². The summed E-state index contributed by atoms with van der Waals surface area (Å²) in [6, 6.07) is 15.8. The lowest BCUT2D eigenvalue weighted by Gasteiger charge is -2.19. The minimum atomic E-state index is -2.03. The van der Waals surface area contributed by atoms with Gasteiger partial charge >= 0.3 is 0 Å². The molecule has 1 aliphatic rings. The Bertz CT molecular complexity index is 921. The van der Waals surface area contributed by atoms with Crippen molar-refractivity contribution in [2.45, 2.75) is 12.0 Å². The van der Waals surface area contributed by atoms with Crippen molar-refractivity contribution in [2.75, 3.05) is 0 Å². The molecule has 0 amide bonds. The molecule has 0 saturated heterocycles. The van der Waals surface area contributed by atoms with Gasteiger partial charge in [-0.2, -0.15) is 0 Å². The number of rotatable bonds is 2. The van der Waals surface area contributed by atoms with Crippen LogP contribution in [0.25, 0.3) is 10.9 Å².